The number of amides is 2. The van der Waals surface area contributed by atoms with Gasteiger partial charge in [-0.15, -0.1) is 0 Å². The topological polar surface area (TPSA) is 152 Å². The summed E-state index contributed by atoms with van der Waals surface area (Å²) >= 11 is 5.84. The summed E-state index contributed by atoms with van der Waals surface area (Å²) in [5.41, 5.74) is 12.6. The maximum atomic E-state index is 12.8. The van der Waals surface area contributed by atoms with Crippen LogP contribution in [-0.4, -0.2) is 57.8 Å². The van der Waals surface area contributed by atoms with Gasteiger partial charge in [-0.25, -0.2) is 9.97 Å². The summed E-state index contributed by atoms with van der Waals surface area (Å²) in [5.74, 6) is -0.381. The van der Waals surface area contributed by atoms with Crippen LogP contribution in [0.2, 0.25) is 5.15 Å². The second-order valence-electron chi connectivity index (χ2n) is 7.82. The molecule has 1 aromatic carbocycles. The molecule has 0 aliphatic carbocycles. The summed E-state index contributed by atoms with van der Waals surface area (Å²) in [7, 11) is 0. The molecule has 2 aromatic rings. The maximum absolute atomic E-state index is 12.8. The number of nitrogens with zero attached hydrogens (tertiary/aromatic N) is 4. The smallest absolute Gasteiger partial charge is 0.280 e. The number of aliphatic imine (C=N–C) groups is 1. The number of anilines is 2. The monoisotopic (exact) mass is 442 g/mol. The molecule has 1 spiro atoms. The highest BCUT2D eigenvalue weighted by Gasteiger charge is 2.40. The van der Waals surface area contributed by atoms with E-state index in [4.69, 9.17) is 23.1 Å². The fourth-order valence-electron chi connectivity index (χ4n) is 3.79. The fraction of sp³-hybridized carbons (Fsp3) is 0.350. The van der Waals surface area contributed by atoms with E-state index in [2.05, 4.69) is 25.6 Å². The lowest BCUT2D eigenvalue weighted by molar-refractivity contribution is 0.0668. The Labute approximate surface area is 184 Å². The Kier molecular flexibility index (Phi) is 5.40. The molecule has 6 N–H and O–H groups in total. The van der Waals surface area contributed by atoms with Crippen LogP contribution in [0.4, 0.5) is 11.6 Å². The lowest BCUT2D eigenvalue weighted by Gasteiger charge is -2.39. The first kappa shape index (κ1) is 20.9. The Bertz CT molecular complexity index is 1080. The Morgan fingerprint density at radius 2 is 1.94 bits per heavy atom. The Balaban J connectivity index is 1.35. The average molecular weight is 443 g/mol. The Morgan fingerprint density at radius 3 is 2.65 bits per heavy atom. The van der Waals surface area contributed by atoms with Crippen LogP contribution in [0.1, 0.15) is 39.3 Å². The van der Waals surface area contributed by atoms with Gasteiger partial charge in [0.1, 0.15) is 0 Å². The lowest BCUT2D eigenvalue weighted by Crippen LogP contribution is -2.57. The van der Waals surface area contributed by atoms with Crippen LogP contribution in [0, 0.1) is 6.92 Å². The van der Waals surface area contributed by atoms with Crippen LogP contribution < -0.4 is 22.1 Å². The number of nitrogens with two attached hydrogens (primary N) is 2. The summed E-state index contributed by atoms with van der Waals surface area (Å²) in [5, 5.41) is 5.86. The molecule has 11 heteroatoms. The minimum absolute atomic E-state index is 0.0280. The van der Waals surface area contributed by atoms with Gasteiger partial charge in [-0.3, -0.25) is 19.9 Å². The number of benzene rings is 1. The third-order valence-corrected chi connectivity index (χ3v) is 5.83. The van der Waals surface area contributed by atoms with Crippen LogP contribution >= 0.6 is 11.6 Å². The van der Waals surface area contributed by atoms with Crippen molar-refractivity contribution in [3.63, 3.8) is 0 Å². The highest BCUT2D eigenvalue weighted by atomic mass is 35.5. The number of nitrogen functional groups attached to an aromatic ring is 2. The van der Waals surface area contributed by atoms with Gasteiger partial charge in [-0.1, -0.05) is 29.3 Å². The van der Waals surface area contributed by atoms with E-state index >= 15 is 0 Å². The fourth-order valence-corrected chi connectivity index (χ4v) is 3.92. The molecule has 0 bridgehead atoms. The van der Waals surface area contributed by atoms with Crippen molar-refractivity contribution < 1.29 is 9.59 Å². The first-order chi connectivity index (χ1) is 14.8. The predicted molar refractivity (Wildman–Crippen MR) is 118 cm³/mol. The number of rotatable bonds is 2. The predicted octanol–water partition coefficient (Wildman–Crippen LogP) is 0.967. The maximum Gasteiger partial charge on any atom is 0.280 e. The zero-order chi connectivity index (χ0) is 22.2. The van der Waals surface area contributed by atoms with Gasteiger partial charge in [0, 0.05) is 18.7 Å². The second kappa shape index (κ2) is 8.03. The SMILES string of the molecule is Cc1cccc(C(=O)N2CCC3(CC2)CN=C(NC(=O)c2nc(Cl)c(N)nc2N)N3)c1. The van der Waals surface area contributed by atoms with Gasteiger partial charge in [0.05, 0.1) is 12.1 Å². The molecule has 0 radical (unpaired) electrons. The molecule has 10 nitrogen and oxygen atoms in total. The molecule has 0 atom stereocenters. The zero-order valence-corrected chi connectivity index (χ0v) is 17.7. The van der Waals surface area contributed by atoms with Gasteiger partial charge in [0.25, 0.3) is 11.8 Å². The Hall–Kier alpha value is -3.40. The third-order valence-electron chi connectivity index (χ3n) is 5.55. The van der Waals surface area contributed by atoms with E-state index in [1.165, 1.54) is 0 Å². The normalized spacial score (nSPS) is 17.2. The standard InChI is InChI=1S/C20H23ClN8O2/c1-11-3-2-4-12(9-11)18(31)29-7-5-20(6-8-29)10-24-19(28-20)27-17(30)13-15(22)26-16(23)14(21)25-13/h2-4,9H,5-8,10H2,1H3,(H4,22,23,26)(H2,24,27,28,30). The van der Waals surface area contributed by atoms with E-state index in [-0.39, 0.29) is 33.9 Å². The van der Waals surface area contributed by atoms with E-state index in [1.54, 1.807) is 0 Å². The number of aryl methyl sites for hydroxylation is 1. The van der Waals surface area contributed by atoms with Crippen LogP contribution in [0.5, 0.6) is 0 Å². The molecule has 0 saturated carbocycles. The molecule has 31 heavy (non-hydrogen) atoms. The van der Waals surface area contributed by atoms with Gasteiger partial charge in [-0.2, -0.15) is 0 Å². The van der Waals surface area contributed by atoms with Crippen molar-refractivity contribution in [1.82, 2.24) is 25.5 Å². The quantitative estimate of drug-likeness (QED) is 0.540. The van der Waals surface area contributed by atoms with Gasteiger partial charge in [-0.05, 0) is 31.9 Å². The summed E-state index contributed by atoms with van der Waals surface area (Å²) in [6, 6.07) is 7.59. The number of aromatic nitrogens is 2. The first-order valence-electron chi connectivity index (χ1n) is 9.85. The van der Waals surface area contributed by atoms with Crippen LogP contribution in [0.15, 0.2) is 29.3 Å². The molecule has 1 fully saturated rings. The molecule has 1 saturated heterocycles. The molecule has 2 aliphatic rings. The molecule has 4 rings (SSSR count). The van der Waals surface area contributed by atoms with Crippen molar-refractivity contribution in [3.05, 3.63) is 46.2 Å². The number of carbonyl (C=O) groups is 2. The number of carbonyl (C=O) groups excluding carboxylic acids is 2. The van der Waals surface area contributed by atoms with Crippen LogP contribution in [0.3, 0.4) is 0 Å². The van der Waals surface area contributed by atoms with Gasteiger partial charge < -0.3 is 21.7 Å². The third kappa shape index (κ3) is 4.24. The number of guanidine groups is 1. The van der Waals surface area contributed by atoms with Crippen molar-refractivity contribution >= 4 is 41.0 Å². The molecule has 0 unspecified atom stereocenters. The molecule has 162 valence electrons. The van der Waals surface area contributed by atoms with Crippen LogP contribution in [0.25, 0.3) is 0 Å². The summed E-state index contributed by atoms with van der Waals surface area (Å²) in [6.45, 7) is 3.67. The largest absolute Gasteiger partial charge is 0.382 e. The molecular formula is C20H23ClN8O2. The molecular weight excluding hydrogens is 420 g/mol. The number of piperidine rings is 1. The van der Waals surface area contributed by atoms with Crippen molar-refractivity contribution in [2.45, 2.75) is 25.3 Å². The van der Waals surface area contributed by atoms with E-state index < -0.39 is 5.91 Å². The Morgan fingerprint density at radius 1 is 1.19 bits per heavy atom. The number of halogens is 1. The molecule has 3 heterocycles. The highest BCUT2D eigenvalue weighted by Crippen LogP contribution is 2.27. The minimum atomic E-state index is -0.581. The van der Waals surface area contributed by atoms with Gasteiger partial charge in [0.15, 0.2) is 28.4 Å². The summed E-state index contributed by atoms with van der Waals surface area (Å²) < 4.78 is 0. The lowest BCUT2D eigenvalue weighted by atomic mass is 9.88. The van der Waals surface area contributed by atoms with E-state index in [9.17, 15) is 9.59 Å². The second-order valence-corrected chi connectivity index (χ2v) is 8.18. The van der Waals surface area contributed by atoms with Crippen LogP contribution in [-0.2, 0) is 0 Å². The highest BCUT2D eigenvalue weighted by molar-refractivity contribution is 6.31. The van der Waals surface area contributed by atoms with E-state index in [0.717, 1.165) is 5.56 Å². The first-order valence-corrected chi connectivity index (χ1v) is 10.2. The number of nitrogens with one attached hydrogen (secondary N) is 2. The average Bonchev–Trinajstić information content (AvgIpc) is 3.12. The molecule has 2 amide bonds. The van der Waals surface area contributed by atoms with Crippen molar-refractivity contribution in [2.24, 2.45) is 4.99 Å². The number of hydrogen-bond acceptors (Lipinski definition) is 8. The van der Waals surface area contributed by atoms with Gasteiger partial charge >= 0.3 is 0 Å². The minimum Gasteiger partial charge on any atom is -0.382 e. The number of hydrogen-bond donors (Lipinski definition) is 4. The summed E-state index contributed by atoms with van der Waals surface area (Å²) in [6.07, 6.45) is 1.42. The molecule has 1 aromatic heterocycles. The zero-order valence-electron chi connectivity index (χ0n) is 17.0. The number of likely N-dealkylation sites (tertiary alicyclic amines) is 1. The van der Waals surface area contributed by atoms with E-state index in [0.29, 0.717) is 44.0 Å². The van der Waals surface area contributed by atoms with Crippen molar-refractivity contribution in [3.8, 4) is 0 Å². The summed E-state index contributed by atoms with van der Waals surface area (Å²) in [4.78, 5) is 39.3. The van der Waals surface area contributed by atoms with Crippen molar-refractivity contribution in [2.75, 3.05) is 31.1 Å². The molecule has 2 aliphatic heterocycles. The van der Waals surface area contributed by atoms with Crippen molar-refractivity contribution in [1.29, 1.82) is 0 Å². The van der Waals surface area contributed by atoms with E-state index in [1.807, 2.05) is 36.1 Å². The van der Waals surface area contributed by atoms with Gasteiger partial charge in [0.2, 0.25) is 0 Å².